The number of rotatable bonds is 8. The summed E-state index contributed by atoms with van der Waals surface area (Å²) < 4.78 is 37.3. The molecule has 1 aliphatic heterocycles. The van der Waals surface area contributed by atoms with E-state index in [0.29, 0.717) is 16.8 Å². The van der Waals surface area contributed by atoms with E-state index in [-0.39, 0.29) is 29.9 Å². The van der Waals surface area contributed by atoms with Gasteiger partial charge in [-0.1, -0.05) is 18.2 Å². The fourth-order valence-electron chi connectivity index (χ4n) is 3.09. The number of ether oxygens (including phenoxy) is 2. The van der Waals surface area contributed by atoms with Crippen LogP contribution in [0.3, 0.4) is 0 Å². The molecule has 0 unspecified atom stereocenters. The highest BCUT2D eigenvalue weighted by Crippen LogP contribution is 2.33. The van der Waals surface area contributed by atoms with Gasteiger partial charge in [-0.3, -0.25) is 4.79 Å². The van der Waals surface area contributed by atoms with Crippen LogP contribution < -0.4 is 10.0 Å². The van der Waals surface area contributed by atoms with Crippen molar-refractivity contribution in [3.8, 4) is 0 Å². The quantitative estimate of drug-likeness (QED) is 0.636. The van der Waals surface area contributed by atoms with Gasteiger partial charge < -0.3 is 14.8 Å². The summed E-state index contributed by atoms with van der Waals surface area (Å²) in [5.41, 5.74) is 1.59. The maximum atomic E-state index is 12.3. The van der Waals surface area contributed by atoms with Crippen LogP contribution in [0.15, 0.2) is 53.4 Å². The number of hydrogen-bond acceptors (Lipinski definition) is 6. The number of benzene rings is 2. The highest BCUT2D eigenvalue weighted by molar-refractivity contribution is 7.89. The second kappa shape index (κ2) is 8.73. The van der Waals surface area contributed by atoms with Crippen molar-refractivity contribution in [3.63, 3.8) is 0 Å². The summed E-state index contributed by atoms with van der Waals surface area (Å²) in [5.74, 6) is -0.787. The van der Waals surface area contributed by atoms with Gasteiger partial charge in [0.15, 0.2) is 0 Å². The van der Waals surface area contributed by atoms with Gasteiger partial charge in [0.1, 0.15) is 6.10 Å². The van der Waals surface area contributed by atoms with Gasteiger partial charge in [0.05, 0.1) is 23.5 Å². The SMILES string of the molecule is COC[C@H](C)NS(=O)(=O)c1ccc(NC(=O)C[C@@H]2OC(=O)c3ccccc32)cc1. The van der Waals surface area contributed by atoms with Crippen molar-refractivity contribution < 1.29 is 27.5 Å². The molecule has 0 saturated carbocycles. The molecule has 2 N–H and O–H groups in total. The van der Waals surface area contributed by atoms with Crippen molar-refractivity contribution in [1.82, 2.24) is 4.72 Å². The van der Waals surface area contributed by atoms with Crippen LogP contribution in [-0.2, 0) is 24.3 Å². The van der Waals surface area contributed by atoms with Gasteiger partial charge in [0, 0.05) is 24.4 Å². The Bertz CT molecular complexity index is 1000. The first-order valence-electron chi connectivity index (χ1n) is 9.01. The number of carbonyl (C=O) groups is 2. The molecule has 1 heterocycles. The molecule has 0 saturated heterocycles. The van der Waals surface area contributed by atoms with Crippen LogP contribution in [-0.4, -0.2) is 40.1 Å². The lowest BCUT2D eigenvalue weighted by molar-refractivity contribution is -0.118. The van der Waals surface area contributed by atoms with Gasteiger partial charge in [-0.05, 0) is 37.3 Å². The number of fused-ring (bicyclic) bond motifs is 1. The smallest absolute Gasteiger partial charge is 0.339 e. The molecule has 154 valence electrons. The van der Waals surface area contributed by atoms with Gasteiger partial charge in [0.25, 0.3) is 0 Å². The fourth-order valence-corrected chi connectivity index (χ4v) is 4.31. The summed E-state index contributed by atoms with van der Waals surface area (Å²) in [6.07, 6.45) is -0.663. The van der Waals surface area contributed by atoms with Crippen molar-refractivity contribution in [3.05, 3.63) is 59.7 Å². The van der Waals surface area contributed by atoms with Gasteiger partial charge in [-0.25, -0.2) is 17.9 Å². The molecule has 2 aromatic rings. The molecule has 29 heavy (non-hydrogen) atoms. The van der Waals surface area contributed by atoms with Crippen LogP contribution in [0.1, 0.15) is 35.4 Å². The van der Waals surface area contributed by atoms with E-state index in [1.807, 2.05) is 0 Å². The zero-order valence-corrected chi connectivity index (χ0v) is 16.9. The van der Waals surface area contributed by atoms with E-state index in [9.17, 15) is 18.0 Å². The summed E-state index contributed by atoms with van der Waals surface area (Å²) in [7, 11) is -2.19. The molecule has 2 atom stereocenters. The largest absolute Gasteiger partial charge is 0.453 e. The lowest BCUT2D eigenvalue weighted by Crippen LogP contribution is -2.35. The van der Waals surface area contributed by atoms with E-state index < -0.39 is 22.1 Å². The minimum absolute atomic E-state index is 0.0289. The lowest BCUT2D eigenvalue weighted by Gasteiger charge is -2.14. The minimum atomic E-state index is -3.69. The third-order valence-corrected chi connectivity index (χ3v) is 5.97. The summed E-state index contributed by atoms with van der Waals surface area (Å²) in [4.78, 5) is 24.3. The Balaban J connectivity index is 1.62. The predicted octanol–water partition coefficient (Wildman–Crippen LogP) is 2.24. The number of carbonyl (C=O) groups excluding carboxylic acids is 2. The first kappa shape index (κ1) is 21.0. The van der Waals surface area contributed by atoms with Crippen LogP contribution in [0, 0.1) is 0 Å². The fraction of sp³-hybridized carbons (Fsp3) is 0.300. The predicted molar refractivity (Wildman–Crippen MR) is 106 cm³/mol. The number of methoxy groups -OCH3 is 1. The van der Waals surface area contributed by atoms with Crippen molar-refractivity contribution in [2.75, 3.05) is 19.0 Å². The standard InChI is InChI=1S/C20H22N2O6S/c1-13(12-27-2)22-29(25,26)15-9-7-14(8-10-15)21-19(23)11-18-16-5-3-4-6-17(16)20(24)28-18/h3-10,13,18,22H,11-12H2,1-2H3,(H,21,23)/t13-,18-/m0/s1. The summed E-state index contributed by atoms with van der Waals surface area (Å²) >= 11 is 0. The van der Waals surface area contributed by atoms with E-state index in [1.54, 1.807) is 31.2 Å². The van der Waals surface area contributed by atoms with Crippen molar-refractivity contribution in [1.29, 1.82) is 0 Å². The van der Waals surface area contributed by atoms with Crippen LogP contribution in [0.4, 0.5) is 5.69 Å². The average molecular weight is 418 g/mol. The summed E-state index contributed by atoms with van der Waals surface area (Å²) in [6, 6.07) is 12.4. The van der Waals surface area contributed by atoms with Crippen LogP contribution >= 0.6 is 0 Å². The Kier molecular flexibility index (Phi) is 6.31. The molecule has 0 fully saturated rings. The van der Waals surface area contributed by atoms with E-state index in [2.05, 4.69) is 10.0 Å². The van der Waals surface area contributed by atoms with Crippen LogP contribution in [0.5, 0.6) is 0 Å². The van der Waals surface area contributed by atoms with E-state index in [0.717, 1.165) is 0 Å². The Hall–Kier alpha value is -2.75. The molecule has 0 radical (unpaired) electrons. The molecule has 1 amide bonds. The average Bonchev–Trinajstić information content (AvgIpc) is 2.98. The zero-order valence-electron chi connectivity index (χ0n) is 16.0. The van der Waals surface area contributed by atoms with Crippen molar-refractivity contribution in [2.45, 2.75) is 30.4 Å². The molecule has 3 rings (SSSR count). The van der Waals surface area contributed by atoms with Gasteiger partial charge in [-0.2, -0.15) is 0 Å². The highest BCUT2D eigenvalue weighted by Gasteiger charge is 2.32. The first-order chi connectivity index (χ1) is 13.8. The lowest BCUT2D eigenvalue weighted by atomic mass is 10.0. The third kappa shape index (κ3) is 5.00. The monoisotopic (exact) mass is 418 g/mol. The Morgan fingerprint density at radius 3 is 2.55 bits per heavy atom. The van der Waals surface area contributed by atoms with E-state index in [4.69, 9.17) is 9.47 Å². The topological polar surface area (TPSA) is 111 Å². The minimum Gasteiger partial charge on any atom is -0.453 e. The number of amides is 1. The van der Waals surface area contributed by atoms with Crippen molar-refractivity contribution >= 4 is 27.6 Å². The number of anilines is 1. The Labute approximate surface area is 169 Å². The van der Waals surface area contributed by atoms with E-state index >= 15 is 0 Å². The van der Waals surface area contributed by atoms with Gasteiger partial charge >= 0.3 is 5.97 Å². The molecular weight excluding hydrogens is 396 g/mol. The maximum absolute atomic E-state index is 12.3. The molecule has 0 aliphatic carbocycles. The number of sulfonamides is 1. The normalized spacial score (nSPS) is 16.8. The number of esters is 1. The molecule has 2 aromatic carbocycles. The Morgan fingerprint density at radius 2 is 1.86 bits per heavy atom. The first-order valence-corrected chi connectivity index (χ1v) is 10.5. The number of cyclic esters (lactones) is 1. The molecule has 0 bridgehead atoms. The molecule has 8 nitrogen and oxygen atoms in total. The third-order valence-electron chi connectivity index (χ3n) is 4.37. The van der Waals surface area contributed by atoms with Crippen LogP contribution in [0.25, 0.3) is 0 Å². The summed E-state index contributed by atoms with van der Waals surface area (Å²) in [5, 5.41) is 2.69. The Morgan fingerprint density at radius 1 is 1.17 bits per heavy atom. The summed E-state index contributed by atoms with van der Waals surface area (Å²) in [6.45, 7) is 1.95. The van der Waals surface area contributed by atoms with Gasteiger partial charge in [0.2, 0.25) is 15.9 Å². The number of nitrogens with one attached hydrogen (secondary N) is 2. The molecule has 0 spiro atoms. The van der Waals surface area contributed by atoms with Crippen molar-refractivity contribution in [2.24, 2.45) is 0 Å². The zero-order chi connectivity index (χ0) is 21.0. The second-order valence-corrected chi connectivity index (χ2v) is 8.45. The number of hydrogen-bond donors (Lipinski definition) is 2. The molecule has 9 heteroatoms. The van der Waals surface area contributed by atoms with E-state index in [1.165, 1.54) is 31.4 Å². The molecule has 0 aromatic heterocycles. The maximum Gasteiger partial charge on any atom is 0.339 e. The molecular formula is C20H22N2O6S. The van der Waals surface area contributed by atoms with Crippen LogP contribution in [0.2, 0.25) is 0 Å². The second-order valence-electron chi connectivity index (χ2n) is 6.74. The molecule has 1 aliphatic rings. The van der Waals surface area contributed by atoms with Gasteiger partial charge in [-0.15, -0.1) is 0 Å². The highest BCUT2D eigenvalue weighted by atomic mass is 32.2.